The van der Waals surface area contributed by atoms with E-state index in [1.54, 1.807) is 12.1 Å². The molecule has 3 rings (SSSR count). The van der Waals surface area contributed by atoms with Crippen LogP contribution < -0.4 is 11.1 Å². The predicted octanol–water partition coefficient (Wildman–Crippen LogP) is 1.97. The van der Waals surface area contributed by atoms with Gasteiger partial charge in [0, 0.05) is 37.1 Å². The topological polar surface area (TPSA) is 61.6 Å². The van der Waals surface area contributed by atoms with E-state index in [-0.39, 0.29) is 6.03 Å². The van der Waals surface area contributed by atoms with Crippen LogP contribution in [0.2, 0.25) is 0 Å². The summed E-state index contributed by atoms with van der Waals surface area (Å²) in [5, 5.41) is 2.96. The average molecular weight is 274 g/mol. The summed E-state index contributed by atoms with van der Waals surface area (Å²) in [6, 6.07) is 7.84. The van der Waals surface area contributed by atoms with Crippen LogP contribution in [0, 0.1) is 0 Å². The maximum atomic E-state index is 12.4. The molecule has 1 unspecified atom stereocenters. The third-order valence-corrected chi connectivity index (χ3v) is 4.25. The summed E-state index contributed by atoms with van der Waals surface area (Å²) < 4.78 is 0. The van der Waals surface area contributed by atoms with Gasteiger partial charge in [-0.3, -0.25) is 4.90 Å². The van der Waals surface area contributed by atoms with Gasteiger partial charge in [-0.1, -0.05) is 0 Å². The van der Waals surface area contributed by atoms with Crippen LogP contribution in [0.1, 0.15) is 19.3 Å². The molecule has 20 heavy (non-hydrogen) atoms. The van der Waals surface area contributed by atoms with Gasteiger partial charge in [0.2, 0.25) is 0 Å². The minimum Gasteiger partial charge on any atom is -0.399 e. The Kier molecular flexibility index (Phi) is 3.78. The van der Waals surface area contributed by atoms with Crippen molar-refractivity contribution in [1.29, 1.82) is 0 Å². The molecular weight excluding hydrogens is 252 g/mol. The van der Waals surface area contributed by atoms with Gasteiger partial charge in [-0.2, -0.15) is 0 Å². The van der Waals surface area contributed by atoms with Crippen molar-refractivity contribution in [1.82, 2.24) is 9.80 Å². The van der Waals surface area contributed by atoms with E-state index >= 15 is 0 Å². The van der Waals surface area contributed by atoms with Gasteiger partial charge in [-0.05, 0) is 50.1 Å². The molecule has 1 aromatic rings. The molecular formula is C15H22N4O. The number of nitrogen functional groups attached to an aromatic ring is 1. The van der Waals surface area contributed by atoms with E-state index < -0.39 is 0 Å². The van der Waals surface area contributed by atoms with Crippen LogP contribution in [0.5, 0.6) is 0 Å². The first kappa shape index (κ1) is 13.2. The SMILES string of the molecule is Nc1ccc(NC(=O)N2CCCN3CCCC3C2)cc1. The summed E-state index contributed by atoms with van der Waals surface area (Å²) in [7, 11) is 0. The first-order valence-electron chi connectivity index (χ1n) is 7.38. The molecule has 2 aliphatic rings. The van der Waals surface area contributed by atoms with Crippen molar-refractivity contribution in [2.24, 2.45) is 0 Å². The van der Waals surface area contributed by atoms with Gasteiger partial charge in [-0.15, -0.1) is 0 Å². The summed E-state index contributed by atoms with van der Waals surface area (Å²) in [4.78, 5) is 16.8. The standard InChI is InChI=1S/C15H22N4O/c16-12-4-6-13(7-5-12)17-15(20)19-10-2-9-18-8-1-3-14(18)11-19/h4-7,14H,1-3,8-11,16H2,(H,17,20). The minimum atomic E-state index is 0.00326. The van der Waals surface area contributed by atoms with Gasteiger partial charge in [-0.25, -0.2) is 4.79 Å². The Morgan fingerprint density at radius 2 is 1.90 bits per heavy atom. The van der Waals surface area contributed by atoms with Crippen LogP contribution in [0.15, 0.2) is 24.3 Å². The zero-order chi connectivity index (χ0) is 13.9. The maximum absolute atomic E-state index is 12.4. The molecule has 5 nitrogen and oxygen atoms in total. The second-order valence-electron chi connectivity index (χ2n) is 5.68. The molecule has 0 bridgehead atoms. The highest BCUT2D eigenvalue weighted by Crippen LogP contribution is 2.22. The van der Waals surface area contributed by atoms with Crippen LogP contribution in [0.4, 0.5) is 16.2 Å². The van der Waals surface area contributed by atoms with E-state index in [0.29, 0.717) is 11.7 Å². The van der Waals surface area contributed by atoms with Crippen LogP contribution in [-0.2, 0) is 0 Å². The lowest BCUT2D eigenvalue weighted by molar-refractivity contribution is 0.200. The zero-order valence-corrected chi connectivity index (χ0v) is 11.7. The summed E-state index contributed by atoms with van der Waals surface area (Å²) in [6.07, 6.45) is 3.54. The van der Waals surface area contributed by atoms with E-state index in [1.807, 2.05) is 17.0 Å². The highest BCUT2D eigenvalue weighted by Gasteiger charge is 2.30. The fraction of sp³-hybridized carbons (Fsp3) is 0.533. The third kappa shape index (κ3) is 2.88. The number of carbonyl (C=O) groups is 1. The molecule has 1 atom stereocenters. The Hall–Kier alpha value is -1.75. The average Bonchev–Trinajstić information content (AvgIpc) is 2.78. The fourth-order valence-corrected chi connectivity index (χ4v) is 3.16. The lowest BCUT2D eigenvalue weighted by Crippen LogP contribution is -2.41. The molecule has 2 amide bonds. The quantitative estimate of drug-likeness (QED) is 0.770. The Bertz CT molecular complexity index is 473. The van der Waals surface area contributed by atoms with Gasteiger partial charge >= 0.3 is 6.03 Å². The van der Waals surface area contributed by atoms with Crippen LogP contribution >= 0.6 is 0 Å². The third-order valence-electron chi connectivity index (χ3n) is 4.25. The Balaban J connectivity index is 1.62. The van der Waals surface area contributed by atoms with Gasteiger partial charge < -0.3 is 16.0 Å². The zero-order valence-electron chi connectivity index (χ0n) is 11.7. The monoisotopic (exact) mass is 274 g/mol. The molecule has 0 spiro atoms. The lowest BCUT2D eigenvalue weighted by Gasteiger charge is -2.25. The van der Waals surface area contributed by atoms with Crippen LogP contribution in [0.25, 0.3) is 0 Å². The second-order valence-corrected chi connectivity index (χ2v) is 5.68. The number of fused-ring (bicyclic) bond motifs is 1. The van der Waals surface area contributed by atoms with E-state index in [1.165, 1.54) is 19.4 Å². The molecule has 0 saturated carbocycles. The predicted molar refractivity (Wildman–Crippen MR) is 80.7 cm³/mol. The number of benzene rings is 1. The fourth-order valence-electron chi connectivity index (χ4n) is 3.16. The largest absolute Gasteiger partial charge is 0.399 e. The van der Waals surface area contributed by atoms with Crippen molar-refractivity contribution < 1.29 is 4.79 Å². The van der Waals surface area contributed by atoms with Gasteiger partial charge in [0.15, 0.2) is 0 Å². The molecule has 2 aliphatic heterocycles. The number of rotatable bonds is 1. The Morgan fingerprint density at radius 1 is 1.15 bits per heavy atom. The summed E-state index contributed by atoms with van der Waals surface area (Å²) in [5.41, 5.74) is 7.16. The van der Waals surface area contributed by atoms with Crippen molar-refractivity contribution >= 4 is 17.4 Å². The van der Waals surface area contributed by atoms with Crippen molar-refractivity contribution in [2.75, 3.05) is 37.2 Å². The Morgan fingerprint density at radius 3 is 2.70 bits per heavy atom. The number of urea groups is 1. The second kappa shape index (κ2) is 5.71. The van der Waals surface area contributed by atoms with Gasteiger partial charge in [0.1, 0.15) is 0 Å². The molecule has 5 heteroatoms. The summed E-state index contributed by atoms with van der Waals surface area (Å²) in [6.45, 7) is 4.00. The first-order chi connectivity index (χ1) is 9.72. The van der Waals surface area contributed by atoms with Crippen LogP contribution in [0.3, 0.4) is 0 Å². The molecule has 0 aromatic heterocycles. The number of carbonyl (C=O) groups excluding carboxylic acids is 1. The number of nitrogens with zero attached hydrogens (tertiary/aromatic N) is 2. The number of nitrogens with two attached hydrogens (primary N) is 1. The maximum Gasteiger partial charge on any atom is 0.321 e. The van der Waals surface area contributed by atoms with E-state index in [9.17, 15) is 4.79 Å². The van der Waals surface area contributed by atoms with Gasteiger partial charge in [0.05, 0.1) is 0 Å². The van der Waals surface area contributed by atoms with E-state index in [2.05, 4.69) is 10.2 Å². The number of amides is 2. The lowest BCUT2D eigenvalue weighted by atomic mass is 10.2. The Labute approximate surface area is 119 Å². The van der Waals surface area contributed by atoms with Crippen molar-refractivity contribution in [3.05, 3.63) is 24.3 Å². The van der Waals surface area contributed by atoms with Gasteiger partial charge in [0.25, 0.3) is 0 Å². The smallest absolute Gasteiger partial charge is 0.321 e. The molecule has 108 valence electrons. The minimum absolute atomic E-state index is 0.00326. The summed E-state index contributed by atoms with van der Waals surface area (Å²) in [5.74, 6) is 0. The highest BCUT2D eigenvalue weighted by atomic mass is 16.2. The number of nitrogens with one attached hydrogen (secondary N) is 1. The molecule has 1 aromatic carbocycles. The molecule has 2 saturated heterocycles. The molecule has 3 N–H and O–H groups in total. The molecule has 2 heterocycles. The summed E-state index contributed by atoms with van der Waals surface area (Å²) >= 11 is 0. The number of hydrogen-bond donors (Lipinski definition) is 2. The van der Waals surface area contributed by atoms with Crippen molar-refractivity contribution in [3.8, 4) is 0 Å². The first-order valence-corrected chi connectivity index (χ1v) is 7.38. The number of hydrogen-bond acceptors (Lipinski definition) is 3. The molecule has 0 radical (unpaired) electrons. The number of anilines is 2. The van der Waals surface area contributed by atoms with Crippen molar-refractivity contribution in [3.63, 3.8) is 0 Å². The molecule has 0 aliphatic carbocycles. The van der Waals surface area contributed by atoms with Crippen LogP contribution in [-0.4, -0.2) is 48.1 Å². The highest BCUT2D eigenvalue weighted by molar-refractivity contribution is 5.89. The van der Waals surface area contributed by atoms with E-state index in [4.69, 9.17) is 5.73 Å². The van der Waals surface area contributed by atoms with E-state index in [0.717, 1.165) is 31.7 Å². The normalized spacial score (nSPS) is 23.2. The van der Waals surface area contributed by atoms with Crippen molar-refractivity contribution in [2.45, 2.75) is 25.3 Å². The molecule has 2 fully saturated rings.